The van der Waals surface area contributed by atoms with Crippen LogP contribution < -0.4 is 0 Å². The van der Waals surface area contributed by atoms with Crippen LogP contribution in [0.3, 0.4) is 0 Å². The highest BCUT2D eigenvalue weighted by Crippen LogP contribution is 2.36. The lowest BCUT2D eigenvalue weighted by Crippen LogP contribution is -2.42. The van der Waals surface area contributed by atoms with Gasteiger partial charge in [0, 0.05) is 14.2 Å². The van der Waals surface area contributed by atoms with Gasteiger partial charge in [0.15, 0.2) is 0 Å². The summed E-state index contributed by atoms with van der Waals surface area (Å²) in [5, 5.41) is 0. The maximum absolute atomic E-state index is 5.50. The van der Waals surface area contributed by atoms with Gasteiger partial charge in [-0.3, -0.25) is 0 Å². The monoisotopic (exact) mass is 211 g/mol. The standard InChI is InChI=1S/C13H23O2/c1-8(2)11-7-12(14-5)13(15-6)10(4)9(11)3/h7-10,12-13H,3H2,1-2,4-6H3. The van der Waals surface area contributed by atoms with Gasteiger partial charge in [0.2, 0.25) is 0 Å². The summed E-state index contributed by atoms with van der Waals surface area (Å²) < 4.78 is 11.0. The minimum Gasteiger partial charge on any atom is -0.378 e. The molecule has 4 unspecified atom stereocenters. The minimum absolute atomic E-state index is 0.0698. The molecule has 87 valence electrons. The average Bonchev–Trinajstić information content (AvgIpc) is 2.21. The van der Waals surface area contributed by atoms with Crippen molar-refractivity contribution in [3.63, 3.8) is 0 Å². The average molecular weight is 211 g/mol. The van der Waals surface area contributed by atoms with Crippen LogP contribution in [0.5, 0.6) is 0 Å². The Morgan fingerprint density at radius 2 is 1.87 bits per heavy atom. The van der Waals surface area contributed by atoms with Crippen LogP contribution in [0.25, 0.3) is 0 Å². The predicted molar refractivity (Wildman–Crippen MR) is 62.5 cm³/mol. The van der Waals surface area contributed by atoms with Gasteiger partial charge in [-0.25, -0.2) is 0 Å². The second-order valence-electron chi connectivity index (χ2n) is 4.69. The summed E-state index contributed by atoms with van der Waals surface area (Å²) in [6.45, 7) is 10.8. The highest BCUT2D eigenvalue weighted by Gasteiger charge is 2.36. The molecule has 0 saturated heterocycles. The number of hydrogen-bond donors (Lipinski definition) is 0. The zero-order valence-corrected chi connectivity index (χ0v) is 10.5. The van der Waals surface area contributed by atoms with Gasteiger partial charge in [-0.2, -0.15) is 0 Å². The Balaban J connectivity index is 2.96. The molecule has 4 atom stereocenters. The van der Waals surface area contributed by atoms with Gasteiger partial charge in [0.05, 0.1) is 6.10 Å². The Morgan fingerprint density at radius 3 is 2.27 bits per heavy atom. The molecule has 2 heteroatoms. The Kier molecular flexibility index (Phi) is 4.35. The van der Waals surface area contributed by atoms with E-state index in [1.165, 1.54) is 5.57 Å². The first-order chi connectivity index (χ1) is 7.02. The summed E-state index contributed by atoms with van der Waals surface area (Å²) in [7, 11) is 3.48. The lowest BCUT2D eigenvalue weighted by molar-refractivity contribution is -0.0540. The topological polar surface area (TPSA) is 18.5 Å². The summed E-state index contributed by atoms with van der Waals surface area (Å²) in [6, 6.07) is 0. The van der Waals surface area contributed by atoms with Crippen molar-refractivity contribution in [3.8, 4) is 0 Å². The van der Waals surface area contributed by atoms with E-state index >= 15 is 0 Å². The zero-order valence-electron chi connectivity index (χ0n) is 10.5. The van der Waals surface area contributed by atoms with Gasteiger partial charge < -0.3 is 9.47 Å². The molecule has 0 spiro atoms. The van der Waals surface area contributed by atoms with E-state index in [4.69, 9.17) is 9.47 Å². The smallest absolute Gasteiger partial charge is 0.102 e. The van der Waals surface area contributed by atoms with Gasteiger partial charge in [-0.15, -0.1) is 0 Å². The van der Waals surface area contributed by atoms with Crippen molar-refractivity contribution in [3.05, 3.63) is 18.6 Å². The van der Waals surface area contributed by atoms with Crippen LogP contribution in [0.4, 0.5) is 0 Å². The van der Waals surface area contributed by atoms with E-state index in [2.05, 4.69) is 33.8 Å². The normalized spacial score (nSPS) is 36.9. The van der Waals surface area contributed by atoms with Crippen molar-refractivity contribution in [2.45, 2.75) is 33.0 Å². The van der Waals surface area contributed by atoms with Gasteiger partial charge in [0.25, 0.3) is 0 Å². The molecule has 0 fully saturated rings. The van der Waals surface area contributed by atoms with Crippen LogP contribution >= 0.6 is 0 Å². The molecule has 1 radical (unpaired) electrons. The van der Waals surface area contributed by atoms with Crippen molar-refractivity contribution in [2.75, 3.05) is 14.2 Å². The first-order valence-corrected chi connectivity index (χ1v) is 5.63. The van der Waals surface area contributed by atoms with E-state index in [-0.39, 0.29) is 12.2 Å². The third kappa shape index (κ3) is 2.43. The number of allylic oxidation sites excluding steroid dienone is 1. The van der Waals surface area contributed by atoms with E-state index in [0.717, 1.165) is 0 Å². The summed E-state index contributed by atoms with van der Waals surface area (Å²) in [4.78, 5) is 0. The second kappa shape index (κ2) is 5.13. The maximum Gasteiger partial charge on any atom is 0.102 e. The first-order valence-electron chi connectivity index (χ1n) is 5.63. The highest BCUT2D eigenvalue weighted by atomic mass is 16.5. The van der Waals surface area contributed by atoms with Crippen molar-refractivity contribution >= 4 is 0 Å². The molecular formula is C13H23O2. The molecule has 15 heavy (non-hydrogen) atoms. The van der Waals surface area contributed by atoms with Crippen molar-refractivity contribution < 1.29 is 9.47 Å². The third-order valence-corrected chi connectivity index (χ3v) is 3.47. The Hall–Kier alpha value is -0.340. The molecule has 0 aliphatic heterocycles. The molecule has 0 aromatic rings. The Bertz CT molecular complexity index is 233. The SMILES string of the molecule is [CH2]C1C(C(C)C)=CC(OC)C(OC)C1C. The molecule has 0 bridgehead atoms. The predicted octanol–water partition coefficient (Wildman–Crippen LogP) is 2.70. The molecule has 0 amide bonds. The molecular weight excluding hydrogens is 188 g/mol. The van der Waals surface area contributed by atoms with Crippen molar-refractivity contribution in [1.82, 2.24) is 0 Å². The minimum atomic E-state index is 0.0698. The number of ether oxygens (including phenoxy) is 2. The molecule has 2 nitrogen and oxygen atoms in total. The number of hydrogen-bond acceptors (Lipinski definition) is 2. The zero-order chi connectivity index (χ0) is 11.6. The van der Waals surface area contributed by atoms with Crippen LogP contribution in [-0.2, 0) is 9.47 Å². The lowest BCUT2D eigenvalue weighted by atomic mass is 9.74. The molecule has 0 N–H and O–H groups in total. The van der Waals surface area contributed by atoms with E-state index in [1.807, 2.05) is 0 Å². The molecule has 1 aliphatic rings. The second-order valence-corrected chi connectivity index (χ2v) is 4.69. The van der Waals surface area contributed by atoms with E-state index in [0.29, 0.717) is 17.8 Å². The fourth-order valence-electron chi connectivity index (χ4n) is 2.41. The van der Waals surface area contributed by atoms with Crippen LogP contribution in [0, 0.1) is 24.7 Å². The van der Waals surface area contributed by atoms with Crippen LogP contribution in [0.1, 0.15) is 20.8 Å². The first kappa shape index (κ1) is 12.7. The molecule has 0 heterocycles. The quantitative estimate of drug-likeness (QED) is 0.668. The highest BCUT2D eigenvalue weighted by molar-refractivity contribution is 5.20. The lowest BCUT2D eigenvalue weighted by Gasteiger charge is -2.39. The summed E-state index contributed by atoms with van der Waals surface area (Å²) >= 11 is 0. The van der Waals surface area contributed by atoms with Gasteiger partial charge in [-0.1, -0.05) is 32.4 Å². The summed E-state index contributed by atoms with van der Waals surface area (Å²) in [6.07, 6.45) is 2.39. The maximum atomic E-state index is 5.50. The summed E-state index contributed by atoms with van der Waals surface area (Å²) in [5.74, 6) is 1.27. The molecule has 1 rings (SSSR count). The number of rotatable bonds is 3. The molecule has 1 aliphatic carbocycles. The van der Waals surface area contributed by atoms with Crippen LogP contribution in [0.2, 0.25) is 0 Å². The molecule has 0 aromatic carbocycles. The van der Waals surface area contributed by atoms with Crippen molar-refractivity contribution in [2.24, 2.45) is 17.8 Å². The fourth-order valence-corrected chi connectivity index (χ4v) is 2.41. The molecule has 0 saturated carbocycles. The van der Waals surface area contributed by atoms with Crippen LogP contribution in [0.15, 0.2) is 11.6 Å². The van der Waals surface area contributed by atoms with Gasteiger partial charge in [0.1, 0.15) is 6.10 Å². The Labute approximate surface area is 93.7 Å². The van der Waals surface area contributed by atoms with E-state index in [9.17, 15) is 0 Å². The van der Waals surface area contributed by atoms with E-state index < -0.39 is 0 Å². The molecule has 0 aromatic heterocycles. The van der Waals surface area contributed by atoms with Crippen molar-refractivity contribution in [1.29, 1.82) is 0 Å². The van der Waals surface area contributed by atoms with E-state index in [1.54, 1.807) is 14.2 Å². The largest absolute Gasteiger partial charge is 0.378 e. The van der Waals surface area contributed by atoms with Gasteiger partial charge >= 0.3 is 0 Å². The Morgan fingerprint density at radius 1 is 1.27 bits per heavy atom. The fraction of sp³-hybridized carbons (Fsp3) is 0.769. The summed E-state index contributed by atoms with van der Waals surface area (Å²) in [5.41, 5.74) is 1.39. The number of methoxy groups -OCH3 is 2. The van der Waals surface area contributed by atoms with Gasteiger partial charge in [-0.05, 0) is 24.7 Å². The third-order valence-electron chi connectivity index (χ3n) is 3.47. The van der Waals surface area contributed by atoms with Crippen LogP contribution in [-0.4, -0.2) is 26.4 Å².